The van der Waals surface area contributed by atoms with Gasteiger partial charge in [-0.05, 0) is 43.7 Å². The Labute approximate surface area is 127 Å². The third-order valence-corrected chi connectivity index (χ3v) is 4.14. The van der Waals surface area contributed by atoms with E-state index in [2.05, 4.69) is 18.5 Å². The van der Waals surface area contributed by atoms with Gasteiger partial charge in [0.25, 0.3) is 0 Å². The van der Waals surface area contributed by atoms with Gasteiger partial charge in [0, 0.05) is 10.4 Å². The molecule has 5 heteroatoms. The van der Waals surface area contributed by atoms with E-state index in [4.69, 9.17) is 10.5 Å². The fourth-order valence-corrected chi connectivity index (χ4v) is 3.21. The molecule has 0 bridgehead atoms. The van der Waals surface area contributed by atoms with Gasteiger partial charge in [-0.25, -0.2) is 4.98 Å². The average molecular weight is 299 g/mol. The molecule has 0 aliphatic heterocycles. The van der Waals surface area contributed by atoms with Crippen molar-refractivity contribution < 1.29 is 4.74 Å². The Balaban J connectivity index is 1.97. The van der Waals surface area contributed by atoms with Crippen molar-refractivity contribution in [2.24, 2.45) is 0 Å². The van der Waals surface area contributed by atoms with Gasteiger partial charge >= 0.3 is 0 Å². The van der Waals surface area contributed by atoms with Crippen LogP contribution in [0, 0.1) is 6.92 Å². The number of benzene rings is 1. The quantitative estimate of drug-likeness (QED) is 0.743. The molecule has 0 fully saturated rings. The smallest absolute Gasteiger partial charge is 0.196 e. The van der Waals surface area contributed by atoms with Crippen LogP contribution in [0.3, 0.4) is 0 Å². The van der Waals surface area contributed by atoms with Crippen molar-refractivity contribution in [3.63, 3.8) is 0 Å². The first-order valence-electron chi connectivity index (χ1n) is 6.66. The molecule has 3 rings (SSSR count). The highest BCUT2D eigenvalue weighted by atomic mass is 32.1. The Kier molecular flexibility index (Phi) is 3.43. The van der Waals surface area contributed by atoms with Crippen LogP contribution in [0.15, 0.2) is 42.6 Å². The number of thiazole rings is 1. The number of rotatable bonds is 4. The van der Waals surface area contributed by atoms with Gasteiger partial charge < -0.3 is 10.5 Å². The van der Waals surface area contributed by atoms with Crippen LogP contribution in [0.25, 0.3) is 16.2 Å². The second-order valence-corrected chi connectivity index (χ2v) is 6.26. The summed E-state index contributed by atoms with van der Waals surface area (Å²) in [6.07, 6.45) is 1.69. The Morgan fingerprint density at radius 3 is 2.76 bits per heavy atom. The number of nitrogen functional groups attached to an aromatic ring is 1. The first-order chi connectivity index (χ1) is 10.1. The van der Waals surface area contributed by atoms with Crippen LogP contribution in [0.5, 0.6) is 5.75 Å². The predicted molar refractivity (Wildman–Crippen MR) is 88.0 cm³/mol. The van der Waals surface area contributed by atoms with Crippen LogP contribution in [-0.4, -0.2) is 16.0 Å². The number of ether oxygens (including phenoxy) is 1. The maximum absolute atomic E-state index is 6.01. The molecule has 0 amide bonds. The van der Waals surface area contributed by atoms with E-state index in [-0.39, 0.29) is 0 Å². The van der Waals surface area contributed by atoms with Crippen molar-refractivity contribution in [3.05, 3.63) is 47.5 Å². The van der Waals surface area contributed by atoms with Crippen molar-refractivity contribution in [2.45, 2.75) is 13.8 Å². The molecule has 0 radical (unpaired) electrons. The normalized spacial score (nSPS) is 11.0. The number of aromatic nitrogens is 2. The summed E-state index contributed by atoms with van der Waals surface area (Å²) in [5.74, 6) is 1.50. The van der Waals surface area contributed by atoms with Crippen molar-refractivity contribution in [1.82, 2.24) is 9.38 Å². The summed E-state index contributed by atoms with van der Waals surface area (Å²) < 4.78 is 7.62. The number of nitrogens with two attached hydrogens (primary N) is 1. The zero-order valence-electron chi connectivity index (χ0n) is 12.1. The summed E-state index contributed by atoms with van der Waals surface area (Å²) in [5, 5.41) is 0. The number of anilines is 1. The zero-order chi connectivity index (χ0) is 15.0. The summed E-state index contributed by atoms with van der Waals surface area (Å²) in [6, 6.07) is 8.02. The number of fused-ring (bicyclic) bond motifs is 1. The fraction of sp³-hybridized carbons (Fsp3) is 0.188. The molecule has 0 saturated heterocycles. The highest BCUT2D eigenvalue weighted by molar-refractivity contribution is 7.17. The molecule has 0 spiro atoms. The monoisotopic (exact) mass is 299 g/mol. The minimum Gasteiger partial charge on any atom is -0.489 e. The van der Waals surface area contributed by atoms with Crippen molar-refractivity contribution in [3.8, 4) is 17.0 Å². The van der Waals surface area contributed by atoms with Gasteiger partial charge in [0.15, 0.2) is 4.96 Å². The van der Waals surface area contributed by atoms with Crippen LogP contribution >= 0.6 is 11.3 Å². The van der Waals surface area contributed by atoms with E-state index in [0.29, 0.717) is 12.4 Å². The van der Waals surface area contributed by atoms with Gasteiger partial charge in [0.1, 0.15) is 18.2 Å². The van der Waals surface area contributed by atoms with Crippen molar-refractivity contribution >= 4 is 22.1 Å². The molecule has 108 valence electrons. The Morgan fingerprint density at radius 1 is 1.38 bits per heavy atom. The van der Waals surface area contributed by atoms with E-state index in [9.17, 15) is 0 Å². The molecular weight excluding hydrogens is 282 g/mol. The molecule has 2 heterocycles. The molecule has 0 aliphatic rings. The van der Waals surface area contributed by atoms with Crippen LogP contribution in [-0.2, 0) is 0 Å². The number of imidazole rings is 1. The maximum Gasteiger partial charge on any atom is 0.196 e. The highest BCUT2D eigenvalue weighted by Crippen LogP contribution is 2.33. The first kappa shape index (κ1) is 13.7. The Hall–Kier alpha value is -2.27. The number of nitrogens with zero attached hydrogens (tertiary/aromatic N) is 2. The minimum atomic E-state index is 0.537. The number of aryl methyl sites for hydroxylation is 1. The molecule has 0 atom stereocenters. The van der Waals surface area contributed by atoms with Crippen LogP contribution in [0.1, 0.15) is 11.8 Å². The first-order valence-corrected chi connectivity index (χ1v) is 7.48. The Morgan fingerprint density at radius 2 is 2.10 bits per heavy atom. The summed E-state index contributed by atoms with van der Waals surface area (Å²) in [5.41, 5.74) is 9.21. The van der Waals surface area contributed by atoms with E-state index < -0.39 is 0 Å². The lowest BCUT2D eigenvalue weighted by molar-refractivity contribution is 0.353. The highest BCUT2D eigenvalue weighted by Gasteiger charge is 2.14. The lowest BCUT2D eigenvalue weighted by Crippen LogP contribution is -1.97. The number of hydrogen-bond donors (Lipinski definition) is 1. The predicted octanol–water partition coefficient (Wildman–Crippen LogP) is 3.91. The summed E-state index contributed by atoms with van der Waals surface area (Å²) in [4.78, 5) is 6.43. The van der Waals surface area contributed by atoms with Crippen LogP contribution in [0.2, 0.25) is 0 Å². The van der Waals surface area contributed by atoms with Gasteiger partial charge in [0.2, 0.25) is 0 Å². The minimum absolute atomic E-state index is 0.537. The lowest BCUT2D eigenvalue weighted by atomic mass is 10.1. The molecule has 4 nitrogen and oxygen atoms in total. The van der Waals surface area contributed by atoms with Gasteiger partial charge in [-0.2, -0.15) is 0 Å². The van der Waals surface area contributed by atoms with Gasteiger partial charge in [-0.3, -0.25) is 4.40 Å². The topological polar surface area (TPSA) is 52.5 Å². The molecule has 2 aromatic heterocycles. The Bertz CT molecular complexity index is 799. The van der Waals surface area contributed by atoms with Gasteiger partial charge in [-0.1, -0.05) is 6.58 Å². The number of hydrogen-bond acceptors (Lipinski definition) is 4. The fourth-order valence-electron chi connectivity index (χ4n) is 2.23. The molecule has 21 heavy (non-hydrogen) atoms. The molecule has 1 aromatic carbocycles. The molecule has 0 aliphatic carbocycles. The van der Waals surface area contributed by atoms with E-state index in [1.54, 1.807) is 17.5 Å². The summed E-state index contributed by atoms with van der Waals surface area (Å²) in [7, 11) is 0. The van der Waals surface area contributed by atoms with Gasteiger partial charge in [0.05, 0.1) is 11.9 Å². The third-order valence-electron chi connectivity index (χ3n) is 3.17. The van der Waals surface area contributed by atoms with E-state index in [0.717, 1.165) is 27.5 Å². The molecule has 3 aromatic rings. The second-order valence-electron chi connectivity index (χ2n) is 5.08. The lowest BCUT2D eigenvalue weighted by Gasteiger charge is -2.08. The van der Waals surface area contributed by atoms with E-state index in [1.807, 2.05) is 35.6 Å². The molecule has 2 N–H and O–H groups in total. The standard InChI is InChI=1S/C16H17N3OS/c1-10(2)9-20-13-6-4-12(5-7-13)15-11(3)21-16-18-8-14(17)19(15)16/h4-8H,1,9,17H2,2-3H3. The molecule has 0 saturated carbocycles. The average Bonchev–Trinajstić information content (AvgIpc) is 2.96. The SMILES string of the molecule is C=C(C)COc1ccc(-c2c(C)sc3ncc(N)n23)cc1. The largest absolute Gasteiger partial charge is 0.489 e. The summed E-state index contributed by atoms with van der Waals surface area (Å²) >= 11 is 1.64. The van der Waals surface area contributed by atoms with E-state index >= 15 is 0 Å². The third kappa shape index (κ3) is 2.52. The van der Waals surface area contributed by atoms with Crippen LogP contribution < -0.4 is 10.5 Å². The van der Waals surface area contributed by atoms with Gasteiger partial charge in [-0.15, -0.1) is 11.3 Å². The van der Waals surface area contributed by atoms with Crippen molar-refractivity contribution in [1.29, 1.82) is 0 Å². The van der Waals surface area contributed by atoms with Crippen molar-refractivity contribution in [2.75, 3.05) is 12.3 Å². The molecule has 0 unspecified atom stereocenters. The second kappa shape index (κ2) is 5.26. The maximum atomic E-state index is 6.01. The zero-order valence-corrected chi connectivity index (χ0v) is 12.9. The molecular formula is C16H17N3OS. The van der Waals surface area contributed by atoms with E-state index in [1.165, 1.54) is 4.88 Å². The van der Waals surface area contributed by atoms with Crippen LogP contribution in [0.4, 0.5) is 5.82 Å². The summed E-state index contributed by atoms with van der Waals surface area (Å²) in [6.45, 7) is 8.40.